The summed E-state index contributed by atoms with van der Waals surface area (Å²) in [6.45, 7) is 6.80. The number of anilines is 2. The van der Waals surface area contributed by atoms with Crippen LogP contribution in [0.4, 0.5) is 10.7 Å². The number of thioether (sulfide) groups is 1. The van der Waals surface area contributed by atoms with E-state index >= 15 is 0 Å². The minimum absolute atomic E-state index is 0.191. The standard InChI is InChI=1S/C32H31N3O3S2/c1-32(2,3)21-14-15-24-25(19-33)31(40-27(24)17-21)35-30(37)28(20-9-5-4-6-10-20)39-23-12-7-11-22(18-23)34-29(36)26-13-8-16-38-26/h4-13,16,18,21,28H,14-15,17H2,1-3H3,(H,34,36)(H,35,37). The van der Waals surface area contributed by atoms with E-state index in [1.165, 1.54) is 22.9 Å². The highest BCUT2D eigenvalue weighted by Crippen LogP contribution is 2.45. The zero-order chi connectivity index (χ0) is 28.3. The lowest BCUT2D eigenvalue weighted by molar-refractivity contribution is -0.115. The Kier molecular flexibility index (Phi) is 8.15. The summed E-state index contributed by atoms with van der Waals surface area (Å²) in [4.78, 5) is 28.3. The highest BCUT2D eigenvalue weighted by Gasteiger charge is 2.33. The molecule has 0 bridgehead atoms. The van der Waals surface area contributed by atoms with E-state index in [9.17, 15) is 14.9 Å². The molecule has 1 aliphatic carbocycles. The average molecular weight is 570 g/mol. The van der Waals surface area contributed by atoms with Crippen LogP contribution in [0.3, 0.4) is 0 Å². The Hall–Kier alpha value is -3.80. The smallest absolute Gasteiger partial charge is 0.291 e. The molecule has 8 heteroatoms. The first-order valence-electron chi connectivity index (χ1n) is 13.2. The fourth-order valence-corrected chi connectivity index (χ4v) is 7.36. The van der Waals surface area contributed by atoms with Gasteiger partial charge in [0.15, 0.2) is 5.76 Å². The van der Waals surface area contributed by atoms with E-state index in [4.69, 9.17) is 4.42 Å². The van der Waals surface area contributed by atoms with Gasteiger partial charge in [-0.3, -0.25) is 9.59 Å². The van der Waals surface area contributed by atoms with Crippen molar-refractivity contribution < 1.29 is 14.0 Å². The third kappa shape index (κ3) is 6.16. The number of thiophene rings is 1. The third-order valence-corrected chi connectivity index (χ3v) is 9.69. The van der Waals surface area contributed by atoms with Crippen LogP contribution < -0.4 is 10.6 Å². The largest absolute Gasteiger partial charge is 0.459 e. The van der Waals surface area contributed by atoms with Crippen molar-refractivity contribution in [3.8, 4) is 6.07 Å². The molecule has 40 heavy (non-hydrogen) atoms. The molecular formula is C32H31N3O3S2. The Bertz CT molecular complexity index is 1550. The lowest BCUT2D eigenvalue weighted by Crippen LogP contribution is -2.26. The van der Waals surface area contributed by atoms with Crippen molar-refractivity contribution in [3.05, 3.63) is 100 Å². The first-order valence-corrected chi connectivity index (χ1v) is 14.9. The number of benzene rings is 2. The van der Waals surface area contributed by atoms with Gasteiger partial charge in [-0.1, -0.05) is 57.2 Å². The minimum Gasteiger partial charge on any atom is -0.459 e. The van der Waals surface area contributed by atoms with E-state index in [0.29, 0.717) is 22.2 Å². The first kappa shape index (κ1) is 27.8. The van der Waals surface area contributed by atoms with Crippen molar-refractivity contribution in [2.45, 2.75) is 50.2 Å². The molecule has 2 atom stereocenters. The molecule has 2 heterocycles. The average Bonchev–Trinajstić information content (AvgIpc) is 3.59. The van der Waals surface area contributed by atoms with Crippen LogP contribution in [0.2, 0.25) is 0 Å². The highest BCUT2D eigenvalue weighted by molar-refractivity contribution is 8.00. The van der Waals surface area contributed by atoms with Crippen molar-refractivity contribution in [1.82, 2.24) is 0 Å². The maximum atomic E-state index is 13.8. The van der Waals surface area contributed by atoms with Gasteiger partial charge in [-0.05, 0) is 72.1 Å². The van der Waals surface area contributed by atoms with Crippen LogP contribution in [0.15, 0.2) is 82.3 Å². The summed E-state index contributed by atoms with van der Waals surface area (Å²) in [5, 5.41) is 16.0. The van der Waals surface area contributed by atoms with Crippen LogP contribution in [0, 0.1) is 22.7 Å². The molecule has 2 N–H and O–H groups in total. The number of carbonyl (C=O) groups is 2. The van der Waals surface area contributed by atoms with Gasteiger partial charge in [0.2, 0.25) is 5.91 Å². The van der Waals surface area contributed by atoms with Crippen LogP contribution in [-0.4, -0.2) is 11.8 Å². The number of hydrogen-bond acceptors (Lipinski definition) is 6. The Morgan fingerprint density at radius 1 is 1.07 bits per heavy atom. The fourth-order valence-electron chi connectivity index (χ4n) is 4.99. The number of nitrogens with zero attached hydrogens (tertiary/aromatic N) is 1. The number of nitrogens with one attached hydrogen (secondary N) is 2. The molecular weight excluding hydrogens is 539 g/mol. The van der Waals surface area contributed by atoms with E-state index in [0.717, 1.165) is 35.3 Å². The second-order valence-corrected chi connectivity index (χ2v) is 13.3. The van der Waals surface area contributed by atoms with Gasteiger partial charge in [-0.15, -0.1) is 23.1 Å². The normalized spacial score (nSPS) is 15.5. The predicted molar refractivity (Wildman–Crippen MR) is 161 cm³/mol. The SMILES string of the molecule is CC(C)(C)C1CCc2c(sc(NC(=O)C(Sc3cccc(NC(=O)c4ccco4)c3)c3ccccc3)c2C#N)C1. The molecule has 2 unspecified atom stereocenters. The number of nitriles is 1. The van der Waals surface area contributed by atoms with Gasteiger partial charge in [0.05, 0.1) is 11.8 Å². The molecule has 0 saturated heterocycles. The second kappa shape index (κ2) is 11.7. The lowest BCUT2D eigenvalue weighted by Gasteiger charge is -2.33. The number of furan rings is 1. The Balaban J connectivity index is 1.38. The predicted octanol–water partition coefficient (Wildman–Crippen LogP) is 8.09. The molecule has 2 aromatic heterocycles. The number of fused-ring (bicyclic) bond motifs is 1. The van der Waals surface area contributed by atoms with E-state index in [2.05, 4.69) is 37.5 Å². The summed E-state index contributed by atoms with van der Waals surface area (Å²) >= 11 is 2.94. The number of carbonyl (C=O) groups excluding carboxylic acids is 2. The van der Waals surface area contributed by atoms with Gasteiger partial charge in [-0.2, -0.15) is 5.26 Å². The van der Waals surface area contributed by atoms with Crippen LogP contribution in [0.1, 0.15) is 64.6 Å². The van der Waals surface area contributed by atoms with Crippen LogP contribution >= 0.6 is 23.1 Å². The van der Waals surface area contributed by atoms with Crippen LogP contribution in [0.5, 0.6) is 0 Å². The maximum Gasteiger partial charge on any atom is 0.291 e. The van der Waals surface area contributed by atoms with Gasteiger partial charge in [0.25, 0.3) is 5.91 Å². The van der Waals surface area contributed by atoms with Crippen LogP contribution in [-0.2, 0) is 17.6 Å². The molecule has 0 radical (unpaired) electrons. The molecule has 2 amide bonds. The highest BCUT2D eigenvalue weighted by atomic mass is 32.2. The molecule has 4 aromatic rings. The van der Waals surface area contributed by atoms with Gasteiger partial charge in [-0.25, -0.2) is 0 Å². The van der Waals surface area contributed by atoms with E-state index < -0.39 is 5.25 Å². The summed E-state index contributed by atoms with van der Waals surface area (Å²) in [6.07, 6.45) is 4.29. The lowest BCUT2D eigenvalue weighted by atomic mass is 9.72. The number of hydrogen-bond donors (Lipinski definition) is 2. The Morgan fingerprint density at radius 3 is 2.58 bits per heavy atom. The number of amides is 2. The minimum atomic E-state index is -0.565. The number of rotatable bonds is 7. The summed E-state index contributed by atoms with van der Waals surface area (Å²) in [5.74, 6) is 0.231. The molecule has 0 fully saturated rings. The third-order valence-electron chi connectivity index (χ3n) is 7.27. The molecule has 5 rings (SSSR count). The second-order valence-electron chi connectivity index (χ2n) is 11.0. The van der Waals surface area contributed by atoms with Crippen molar-refractivity contribution in [3.63, 3.8) is 0 Å². The molecule has 0 aliphatic heterocycles. The summed E-state index contributed by atoms with van der Waals surface area (Å²) in [6, 6.07) is 22.6. The van der Waals surface area contributed by atoms with Crippen molar-refractivity contribution in [2.75, 3.05) is 10.6 Å². The molecule has 204 valence electrons. The van der Waals surface area contributed by atoms with Gasteiger partial charge >= 0.3 is 0 Å². The van der Waals surface area contributed by atoms with Crippen molar-refractivity contribution in [1.29, 1.82) is 5.26 Å². The van der Waals surface area contributed by atoms with Crippen LogP contribution in [0.25, 0.3) is 0 Å². The molecule has 2 aromatic carbocycles. The monoisotopic (exact) mass is 569 g/mol. The maximum absolute atomic E-state index is 13.8. The zero-order valence-electron chi connectivity index (χ0n) is 22.7. The first-order chi connectivity index (χ1) is 19.2. The van der Waals surface area contributed by atoms with Gasteiger partial charge in [0, 0.05) is 15.5 Å². The summed E-state index contributed by atoms with van der Waals surface area (Å²) in [7, 11) is 0. The van der Waals surface area contributed by atoms with E-state index in [-0.39, 0.29) is 23.0 Å². The fraction of sp³-hybridized carbons (Fsp3) is 0.281. The molecule has 0 spiro atoms. The Labute approximate surface area is 242 Å². The van der Waals surface area contributed by atoms with E-state index in [1.807, 2.05) is 48.5 Å². The molecule has 0 saturated carbocycles. The van der Waals surface area contributed by atoms with Crippen molar-refractivity contribution >= 4 is 45.6 Å². The van der Waals surface area contributed by atoms with E-state index in [1.54, 1.807) is 29.5 Å². The summed E-state index contributed by atoms with van der Waals surface area (Å²) < 4.78 is 5.19. The van der Waals surface area contributed by atoms with Gasteiger partial charge < -0.3 is 15.1 Å². The topological polar surface area (TPSA) is 95.1 Å². The molecule has 6 nitrogen and oxygen atoms in total. The Morgan fingerprint density at radius 2 is 1.88 bits per heavy atom. The zero-order valence-corrected chi connectivity index (χ0v) is 24.3. The quantitative estimate of drug-likeness (QED) is 0.219. The van der Waals surface area contributed by atoms with Gasteiger partial charge in [0.1, 0.15) is 16.3 Å². The summed E-state index contributed by atoms with van der Waals surface area (Å²) in [5.41, 5.74) is 3.33. The molecule has 1 aliphatic rings. The van der Waals surface area contributed by atoms with Crippen molar-refractivity contribution in [2.24, 2.45) is 11.3 Å².